The van der Waals surface area contributed by atoms with Crippen molar-refractivity contribution in [2.75, 3.05) is 0 Å². The quantitative estimate of drug-likeness (QED) is 0.531. The summed E-state index contributed by atoms with van der Waals surface area (Å²) in [6, 6.07) is 0.454. The van der Waals surface area contributed by atoms with Gasteiger partial charge in [0.15, 0.2) is 0 Å². The lowest BCUT2D eigenvalue weighted by Gasteiger charge is -2.17. The van der Waals surface area contributed by atoms with E-state index in [0.717, 1.165) is 5.92 Å². The molecule has 0 bridgehead atoms. The molecule has 0 aromatic rings. The molecular weight excluding hydrogens is 182 g/mol. The highest BCUT2D eigenvalue weighted by molar-refractivity contribution is 4.65. The molecule has 0 amide bonds. The first kappa shape index (κ1) is 15.0. The molecule has 1 nitrogen and oxygen atoms in total. The largest absolute Gasteiger partial charge is 0.328 e. The van der Waals surface area contributed by atoms with Crippen molar-refractivity contribution in [3.05, 3.63) is 0 Å². The Labute approximate surface area is 96.8 Å². The molecule has 15 heavy (non-hydrogen) atoms. The Morgan fingerprint density at radius 3 is 2.07 bits per heavy atom. The summed E-state index contributed by atoms with van der Waals surface area (Å²) in [7, 11) is 0. The average molecular weight is 213 g/mol. The highest BCUT2D eigenvalue weighted by atomic mass is 14.6. The Kier molecular flexibility index (Phi) is 10.4. The van der Waals surface area contributed by atoms with Crippen molar-refractivity contribution in [3.8, 4) is 0 Å². The molecule has 0 heterocycles. The van der Waals surface area contributed by atoms with Crippen LogP contribution in [0.25, 0.3) is 0 Å². The summed E-state index contributed by atoms with van der Waals surface area (Å²) >= 11 is 0. The average Bonchev–Trinajstić information content (AvgIpc) is 2.23. The molecule has 0 saturated heterocycles. The second kappa shape index (κ2) is 10.5. The van der Waals surface area contributed by atoms with Crippen molar-refractivity contribution in [1.29, 1.82) is 0 Å². The van der Waals surface area contributed by atoms with E-state index in [2.05, 4.69) is 20.8 Å². The zero-order valence-corrected chi connectivity index (χ0v) is 11.1. The summed E-state index contributed by atoms with van der Waals surface area (Å²) < 4.78 is 0. The Bertz CT molecular complexity index is 123. The molecule has 0 spiro atoms. The van der Waals surface area contributed by atoms with E-state index in [0.29, 0.717) is 6.04 Å². The molecule has 2 N–H and O–H groups in total. The lowest BCUT2D eigenvalue weighted by atomic mass is 9.91. The molecule has 2 unspecified atom stereocenters. The van der Waals surface area contributed by atoms with Gasteiger partial charge in [-0.15, -0.1) is 0 Å². The van der Waals surface area contributed by atoms with Gasteiger partial charge in [-0.3, -0.25) is 0 Å². The number of rotatable bonds is 10. The molecule has 0 aromatic carbocycles. The lowest BCUT2D eigenvalue weighted by molar-refractivity contribution is 0.382. The van der Waals surface area contributed by atoms with Gasteiger partial charge in [0.1, 0.15) is 0 Å². The van der Waals surface area contributed by atoms with Crippen LogP contribution >= 0.6 is 0 Å². The molecule has 0 aliphatic rings. The van der Waals surface area contributed by atoms with Crippen molar-refractivity contribution >= 4 is 0 Å². The minimum Gasteiger partial charge on any atom is -0.328 e. The van der Waals surface area contributed by atoms with Gasteiger partial charge >= 0.3 is 0 Å². The number of unbranched alkanes of at least 4 members (excludes halogenated alkanes) is 2. The minimum absolute atomic E-state index is 0.454. The van der Waals surface area contributed by atoms with Crippen LogP contribution in [-0.2, 0) is 0 Å². The van der Waals surface area contributed by atoms with Crippen LogP contribution < -0.4 is 5.73 Å². The van der Waals surface area contributed by atoms with Crippen molar-refractivity contribution in [2.24, 2.45) is 11.7 Å². The van der Waals surface area contributed by atoms with Gasteiger partial charge in [0.2, 0.25) is 0 Å². The maximum absolute atomic E-state index is 6.04. The smallest absolute Gasteiger partial charge is 0.00388 e. The van der Waals surface area contributed by atoms with Crippen molar-refractivity contribution in [1.82, 2.24) is 0 Å². The molecule has 2 atom stereocenters. The SMILES string of the molecule is CCCCCC(CC)CCC(N)CCC. The summed E-state index contributed by atoms with van der Waals surface area (Å²) in [6.07, 6.45) is 11.9. The molecule has 0 aromatic heterocycles. The van der Waals surface area contributed by atoms with Crippen LogP contribution in [0.2, 0.25) is 0 Å². The molecule has 0 rings (SSSR count). The molecular formula is C14H31N. The molecule has 92 valence electrons. The third kappa shape index (κ3) is 8.92. The maximum atomic E-state index is 6.04. The zero-order valence-electron chi connectivity index (χ0n) is 11.1. The van der Waals surface area contributed by atoms with E-state index in [1.54, 1.807) is 0 Å². The number of hydrogen-bond acceptors (Lipinski definition) is 1. The van der Waals surface area contributed by atoms with Crippen molar-refractivity contribution < 1.29 is 0 Å². The first-order chi connectivity index (χ1) is 7.24. The third-order valence-electron chi connectivity index (χ3n) is 3.40. The minimum atomic E-state index is 0.454. The fourth-order valence-electron chi connectivity index (χ4n) is 2.20. The van der Waals surface area contributed by atoms with Crippen LogP contribution in [0.3, 0.4) is 0 Å². The summed E-state index contributed by atoms with van der Waals surface area (Å²) in [4.78, 5) is 0. The van der Waals surface area contributed by atoms with Gasteiger partial charge in [0.25, 0.3) is 0 Å². The van der Waals surface area contributed by atoms with Crippen LogP contribution in [0.1, 0.15) is 78.6 Å². The van der Waals surface area contributed by atoms with E-state index in [4.69, 9.17) is 5.73 Å². The van der Waals surface area contributed by atoms with Gasteiger partial charge in [-0.25, -0.2) is 0 Å². The highest BCUT2D eigenvalue weighted by Crippen LogP contribution is 2.20. The second-order valence-electron chi connectivity index (χ2n) is 4.90. The summed E-state index contributed by atoms with van der Waals surface area (Å²) in [5.74, 6) is 0.930. The topological polar surface area (TPSA) is 26.0 Å². The van der Waals surface area contributed by atoms with Crippen molar-refractivity contribution in [2.45, 2.75) is 84.6 Å². The van der Waals surface area contributed by atoms with Crippen molar-refractivity contribution in [3.63, 3.8) is 0 Å². The van der Waals surface area contributed by atoms with Gasteiger partial charge in [0, 0.05) is 6.04 Å². The van der Waals surface area contributed by atoms with E-state index in [1.165, 1.54) is 57.8 Å². The van der Waals surface area contributed by atoms with Crippen LogP contribution in [-0.4, -0.2) is 6.04 Å². The summed E-state index contributed by atoms with van der Waals surface area (Å²) in [5, 5.41) is 0. The van der Waals surface area contributed by atoms with E-state index >= 15 is 0 Å². The third-order valence-corrected chi connectivity index (χ3v) is 3.40. The van der Waals surface area contributed by atoms with E-state index in [1.807, 2.05) is 0 Å². The van der Waals surface area contributed by atoms with Gasteiger partial charge in [0.05, 0.1) is 0 Å². The Morgan fingerprint density at radius 1 is 0.800 bits per heavy atom. The molecule has 0 saturated carbocycles. The maximum Gasteiger partial charge on any atom is 0.00388 e. The first-order valence-corrected chi connectivity index (χ1v) is 7.00. The van der Waals surface area contributed by atoms with Gasteiger partial charge in [-0.05, 0) is 25.2 Å². The first-order valence-electron chi connectivity index (χ1n) is 7.00. The van der Waals surface area contributed by atoms with Crippen LogP contribution in [0, 0.1) is 5.92 Å². The number of nitrogens with two attached hydrogens (primary N) is 1. The summed E-state index contributed by atoms with van der Waals surface area (Å²) in [5.41, 5.74) is 6.04. The fraction of sp³-hybridized carbons (Fsp3) is 1.00. The van der Waals surface area contributed by atoms with Crippen LogP contribution in [0.5, 0.6) is 0 Å². The standard InChI is InChI=1S/C14H31N/c1-4-7-8-10-13(6-3)11-12-14(15)9-5-2/h13-14H,4-12,15H2,1-3H3. The lowest BCUT2D eigenvalue weighted by Crippen LogP contribution is -2.20. The van der Waals surface area contributed by atoms with E-state index in [-0.39, 0.29) is 0 Å². The van der Waals surface area contributed by atoms with Crippen LogP contribution in [0.15, 0.2) is 0 Å². The molecule has 0 aliphatic carbocycles. The fourth-order valence-corrected chi connectivity index (χ4v) is 2.20. The molecule has 0 radical (unpaired) electrons. The molecule has 0 fully saturated rings. The Hall–Kier alpha value is -0.0400. The van der Waals surface area contributed by atoms with E-state index in [9.17, 15) is 0 Å². The zero-order chi connectivity index (χ0) is 11.5. The molecule has 0 aliphatic heterocycles. The predicted octanol–water partition coefficient (Wildman–Crippen LogP) is 4.50. The Balaban J connectivity index is 3.51. The Morgan fingerprint density at radius 2 is 1.53 bits per heavy atom. The van der Waals surface area contributed by atoms with E-state index < -0.39 is 0 Å². The normalized spacial score (nSPS) is 15.2. The second-order valence-corrected chi connectivity index (χ2v) is 4.90. The molecule has 1 heteroatoms. The number of hydrogen-bond donors (Lipinski definition) is 1. The van der Waals surface area contributed by atoms with Crippen LogP contribution in [0.4, 0.5) is 0 Å². The van der Waals surface area contributed by atoms with Gasteiger partial charge < -0.3 is 5.73 Å². The predicted molar refractivity (Wildman–Crippen MR) is 70.0 cm³/mol. The van der Waals surface area contributed by atoms with Gasteiger partial charge in [-0.1, -0.05) is 59.3 Å². The summed E-state index contributed by atoms with van der Waals surface area (Å²) in [6.45, 7) is 6.82. The highest BCUT2D eigenvalue weighted by Gasteiger charge is 2.08. The van der Waals surface area contributed by atoms with Gasteiger partial charge in [-0.2, -0.15) is 0 Å². The monoisotopic (exact) mass is 213 g/mol.